The maximum atomic E-state index is 13.5. The van der Waals surface area contributed by atoms with Gasteiger partial charge in [0, 0.05) is 36.8 Å². The number of nitrogens with zero attached hydrogens (tertiary/aromatic N) is 1. The number of aliphatic hydroxyl groups excluding tert-OH is 1. The van der Waals surface area contributed by atoms with Gasteiger partial charge in [0.2, 0.25) is 5.91 Å². The number of Topliss-reactive ketones (excluding diaryl/α,β-unsaturated/α-hetero) is 1. The van der Waals surface area contributed by atoms with E-state index in [4.69, 9.17) is 5.73 Å². The Labute approximate surface area is 183 Å². The van der Waals surface area contributed by atoms with E-state index in [9.17, 15) is 19.8 Å². The number of carbonyl (C=O) groups is 2. The largest absolute Gasteiger partial charge is 0.512 e. The van der Waals surface area contributed by atoms with Crippen molar-refractivity contribution in [3.8, 4) is 5.75 Å². The van der Waals surface area contributed by atoms with Gasteiger partial charge in [-0.3, -0.25) is 9.59 Å². The quantitative estimate of drug-likeness (QED) is 0.532. The predicted molar refractivity (Wildman–Crippen MR) is 119 cm³/mol. The SMILES string of the molecule is CC1C(C(N)=O)=CCC2CC3Cc4c(N(C)C)cc(I)c(O)c4C(=O)C3=C(O)C21. The number of fused-ring (bicyclic) bond motifs is 3. The Morgan fingerprint density at radius 1 is 1.31 bits per heavy atom. The minimum absolute atomic E-state index is 0.0218. The van der Waals surface area contributed by atoms with Crippen LogP contribution in [0.3, 0.4) is 0 Å². The number of carbonyl (C=O) groups excluding carboxylic acids is 2. The summed E-state index contributed by atoms with van der Waals surface area (Å²) in [6.45, 7) is 1.89. The number of primary amides is 1. The number of amides is 1. The monoisotopic (exact) mass is 508 g/mol. The number of phenolic OH excluding ortho intramolecular Hbond substituents is 1. The summed E-state index contributed by atoms with van der Waals surface area (Å²) in [5.41, 5.74) is 8.50. The van der Waals surface area contributed by atoms with Crippen LogP contribution in [0.1, 0.15) is 35.7 Å². The minimum Gasteiger partial charge on any atom is -0.512 e. The number of aromatic hydroxyl groups is 1. The van der Waals surface area contributed by atoms with Crippen LogP contribution < -0.4 is 10.6 Å². The smallest absolute Gasteiger partial charge is 0.244 e. The van der Waals surface area contributed by atoms with E-state index >= 15 is 0 Å². The van der Waals surface area contributed by atoms with E-state index in [0.717, 1.165) is 17.7 Å². The number of hydrogen-bond donors (Lipinski definition) is 3. The summed E-state index contributed by atoms with van der Waals surface area (Å²) in [6, 6.07) is 1.90. The number of halogens is 1. The highest BCUT2D eigenvalue weighted by molar-refractivity contribution is 14.1. The van der Waals surface area contributed by atoms with Crippen LogP contribution in [-0.2, 0) is 11.2 Å². The fourth-order valence-electron chi connectivity index (χ4n) is 5.50. The number of allylic oxidation sites excluding steroid dienone is 3. The van der Waals surface area contributed by atoms with Crippen LogP contribution in [-0.4, -0.2) is 36.0 Å². The van der Waals surface area contributed by atoms with Crippen LogP contribution in [0.5, 0.6) is 5.75 Å². The Morgan fingerprint density at radius 3 is 2.62 bits per heavy atom. The van der Waals surface area contributed by atoms with Gasteiger partial charge in [-0.15, -0.1) is 0 Å². The number of ketones is 1. The lowest BCUT2D eigenvalue weighted by atomic mass is 9.60. The molecule has 0 fully saturated rings. The van der Waals surface area contributed by atoms with Gasteiger partial charge in [-0.25, -0.2) is 0 Å². The first-order valence-electron chi connectivity index (χ1n) is 9.82. The molecule has 0 heterocycles. The molecule has 0 aromatic heterocycles. The molecule has 0 saturated heterocycles. The van der Waals surface area contributed by atoms with E-state index in [0.29, 0.717) is 33.1 Å². The number of nitrogens with two attached hydrogens (primary N) is 1. The molecule has 0 radical (unpaired) electrons. The van der Waals surface area contributed by atoms with Crippen molar-refractivity contribution >= 4 is 40.0 Å². The molecule has 4 unspecified atom stereocenters. The molecule has 1 amide bonds. The minimum atomic E-state index is -0.473. The number of hydrogen-bond acceptors (Lipinski definition) is 5. The summed E-state index contributed by atoms with van der Waals surface area (Å²) in [5, 5.41) is 21.9. The number of benzene rings is 1. The van der Waals surface area contributed by atoms with Crippen LogP contribution in [0.25, 0.3) is 0 Å². The molecule has 3 aliphatic rings. The van der Waals surface area contributed by atoms with Gasteiger partial charge in [-0.1, -0.05) is 13.0 Å². The summed E-state index contributed by atoms with van der Waals surface area (Å²) < 4.78 is 0.607. The topological polar surface area (TPSA) is 104 Å². The Kier molecular flexibility index (Phi) is 4.91. The molecule has 0 aliphatic heterocycles. The molecule has 0 spiro atoms. The average Bonchev–Trinajstić information content (AvgIpc) is 2.63. The lowest BCUT2D eigenvalue weighted by Crippen LogP contribution is -2.41. The molecule has 0 saturated carbocycles. The predicted octanol–water partition coefficient (Wildman–Crippen LogP) is 3.32. The second kappa shape index (κ2) is 7.04. The van der Waals surface area contributed by atoms with E-state index in [-0.39, 0.29) is 41.0 Å². The van der Waals surface area contributed by atoms with Gasteiger partial charge in [-0.2, -0.15) is 0 Å². The van der Waals surface area contributed by atoms with Gasteiger partial charge in [-0.05, 0) is 71.2 Å². The Bertz CT molecular complexity index is 995. The van der Waals surface area contributed by atoms with Crippen LogP contribution in [0, 0.1) is 27.2 Å². The maximum Gasteiger partial charge on any atom is 0.244 e. The number of anilines is 1. The second-order valence-electron chi connectivity index (χ2n) is 8.57. The van der Waals surface area contributed by atoms with Crippen molar-refractivity contribution in [2.45, 2.75) is 26.2 Å². The third kappa shape index (κ3) is 2.96. The van der Waals surface area contributed by atoms with Crippen molar-refractivity contribution in [1.29, 1.82) is 0 Å². The molecule has 1 aromatic carbocycles. The van der Waals surface area contributed by atoms with Gasteiger partial charge >= 0.3 is 0 Å². The molecular formula is C22H25IN2O4. The highest BCUT2D eigenvalue weighted by atomic mass is 127. The first kappa shape index (κ1) is 20.3. The summed E-state index contributed by atoms with van der Waals surface area (Å²) in [4.78, 5) is 27.2. The third-order valence-electron chi connectivity index (χ3n) is 6.79. The first-order valence-corrected chi connectivity index (χ1v) is 10.9. The van der Waals surface area contributed by atoms with E-state index in [1.54, 1.807) is 0 Å². The van der Waals surface area contributed by atoms with E-state index in [1.165, 1.54) is 0 Å². The molecule has 4 rings (SSSR count). The highest BCUT2D eigenvalue weighted by Crippen LogP contribution is 2.52. The second-order valence-corrected chi connectivity index (χ2v) is 9.74. The molecular weight excluding hydrogens is 483 g/mol. The molecule has 4 atom stereocenters. The van der Waals surface area contributed by atoms with Crippen molar-refractivity contribution in [3.05, 3.63) is 43.7 Å². The van der Waals surface area contributed by atoms with Gasteiger partial charge in [0.25, 0.3) is 0 Å². The molecule has 1 aromatic rings. The van der Waals surface area contributed by atoms with Gasteiger partial charge in [0.1, 0.15) is 11.5 Å². The van der Waals surface area contributed by atoms with Gasteiger partial charge in [0.15, 0.2) is 5.78 Å². The van der Waals surface area contributed by atoms with Crippen molar-refractivity contribution in [3.63, 3.8) is 0 Å². The molecule has 4 N–H and O–H groups in total. The Hall–Kier alpha value is -2.03. The zero-order valence-electron chi connectivity index (χ0n) is 16.7. The number of aliphatic hydroxyl groups is 1. The normalized spacial score (nSPS) is 28.3. The van der Waals surface area contributed by atoms with Crippen molar-refractivity contribution in [2.24, 2.45) is 29.4 Å². The summed E-state index contributed by atoms with van der Waals surface area (Å²) >= 11 is 2.03. The molecule has 6 nitrogen and oxygen atoms in total. The fourth-order valence-corrected chi connectivity index (χ4v) is 6.06. The molecule has 29 heavy (non-hydrogen) atoms. The van der Waals surface area contributed by atoms with Crippen molar-refractivity contribution < 1.29 is 19.8 Å². The Morgan fingerprint density at radius 2 is 2.00 bits per heavy atom. The van der Waals surface area contributed by atoms with Gasteiger partial charge in [0.05, 0.1) is 9.13 Å². The number of phenols is 1. The van der Waals surface area contributed by atoms with Crippen molar-refractivity contribution in [1.82, 2.24) is 0 Å². The van der Waals surface area contributed by atoms with Crippen LogP contribution >= 0.6 is 22.6 Å². The summed E-state index contributed by atoms with van der Waals surface area (Å²) in [7, 11) is 3.85. The zero-order chi connectivity index (χ0) is 21.2. The lowest BCUT2D eigenvalue weighted by Gasteiger charge is -2.44. The standard InChI is InChI=1S/C22H25IN2O4/c1-9-12(22(24)29)5-4-10-6-11-7-13-15(25(2)3)8-14(23)19(26)18(13)21(28)17(11)20(27)16(9)10/h5,8-11,16,26-27H,4,6-7H2,1-3H3,(H2,24,29). The zero-order valence-corrected chi connectivity index (χ0v) is 18.9. The maximum absolute atomic E-state index is 13.5. The van der Waals surface area contributed by atoms with E-state index in [2.05, 4.69) is 0 Å². The van der Waals surface area contributed by atoms with E-state index in [1.807, 2.05) is 60.7 Å². The Balaban J connectivity index is 1.87. The molecule has 0 bridgehead atoms. The van der Waals surface area contributed by atoms with Crippen molar-refractivity contribution in [2.75, 3.05) is 19.0 Å². The molecule has 7 heteroatoms. The molecule has 3 aliphatic carbocycles. The summed E-state index contributed by atoms with van der Waals surface area (Å²) in [6.07, 6.45) is 3.93. The van der Waals surface area contributed by atoms with Crippen LogP contribution in [0.4, 0.5) is 5.69 Å². The average molecular weight is 508 g/mol. The van der Waals surface area contributed by atoms with Gasteiger partial charge < -0.3 is 20.8 Å². The van der Waals surface area contributed by atoms with Crippen LogP contribution in [0.15, 0.2) is 29.0 Å². The first-order chi connectivity index (χ1) is 13.6. The summed E-state index contributed by atoms with van der Waals surface area (Å²) in [5.74, 6) is -1.18. The van der Waals surface area contributed by atoms with E-state index < -0.39 is 5.91 Å². The highest BCUT2D eigenvalue weighted by Gasteiger charge is 2.48. The molecule has 154 valence electrons. The lowest BCUT2D eigenvalue weighted by molar-refractivity contribution is -0.115. The fraction of sp³-hybridized carbons (Fsp3) is 0.455. The third-order valence-corrected chi connectivity index (χ3v) is 7.61. The number of rotatable bonds is 2. The van der Waals surface area contributed by atoms with Crippen LogP contribution in [0.2, 0.25) is 0 Å².